The summed E-state index contributed by atoms with van der Waals surface area (Å²) in [7, 11) is 0. The lowest BCUT2D eigenvalue weighted by atomic mass is 10.2. The smallest absolute Gasteiger partial charge is 0.258 e. The Kier molecular flexibility index (Phi) is 9.12. The third-order valence-corrected chi connectivity index (χ3v) is 3.14. The van der Waals surface area contributed by atoms with E-state index in [-0.39, 0.29) is 18.6 Å². The first-order chi connectivity index (χ1) is 10.6. The molecule has 4 heteroatoms. The fourth-order valence-electron chi connectivity index (χ4n) is 2.06. The molecule has 1 rings (SSSR count). The lowest BCUT2D eigenvalue weighted by molar-refractivity contribution is -0.123. The molecule has 0 atom stereocenters. The van der Waals surface area contributed by atoms with Crippen LogP contribution < -0.4 is 14.8 Å². The van der Waals surface area contributed by atoms with Crippen molar-refractivity contribution in [1.82, 2.24) is 5.32 Å². The Morgan fingerprint density at radius 2 is 1.77 bits per heavy atom. The van der Waals surface area contributed by atoms with Gasteiger partial charge in [0.1, 0.15) is 11.5 Å². The number of carbonyl (C=O) groups excluding carboxylic acids is 1. The predicted molar refractivity (Wildman–Crippen MR) is 89.5 cm³/mol. The second-order valence-corrected chi connectivity index (χ2v) is 5.75. The Labute approximate surface area is 134 Å². The number of carbonyl (C=O) groups is 1. The second-order valence-electron chi connectivity index (χ2n) is 5.75. The van der Waals surface area contributed by atoms with Gasteiger partial charge in [0.15, 0.2) is 6.61 Å². The summed E-state index contributed by atoms with van der Waals surface area (Å²) >= 11 is 0. The Bertz CT molecular complexity index is 432. The van der Waals surface area contributed by atoms with Crippen molar-refractivity contribution >= 4 is 5.91 Å². The number of ether oxygens (including phenoxy) is 2. The fourth-order valence-corrected chi connectivity index (χ4v) is 2.06. The van der Waals surface area contributed by atoms with E-state index in [0.29, 0.717) is 5.75 Å². The van der Waals surface area contributed by atoms with Crippen molar-refractivity contribution in [3.05, 3.63) is 24.3 Å². The summed E-state index contributed by atoms with van der Waals surface area (Å²) in [5, 5.41) is 2.79. The van der Waals surface area contributed by atoms with Crippen LogP contribution in [0.1, 0.15) is 52.9 Å². The van der Waals surface area contributed by atoms with Gasteiger partial charge in [-0.05, 0) is 32.4 Å². The number of nitrogens with one attached hydrogen (secondary N) is 1. The maximum atomic E-state index is 11.5. The van der Waals surface area contributed by atoms with Gasteiger partial charge in [0.25, 0.3) is 5.91 Å². The summed E-state index contributed by atoms with van der Waals surface area (Å²) in [6, 6.07) is 7.57. The zero-order valence-corrected chi connectivity index (χ0v) is 14.1. The number of unbranched alkanes of at least 4 members (excludes halogenated alkanes) is 4. The van der Waals surface area contributed by atoms with Crippen LogP contribution >= 0.6 is 0 Å². The van der Waals surface area contributed by atoms with Gasteiger partial charge in [-0.2, -0.15) is 0 Å². The molecule has 0 unspecified atom stereocenters. The first-order valence-corrected chi connectivity index (χ1v) is 8.27. The minimum absolute atomic E-state index is 0.0264. The van der Waals surface area contributed by atoms with Crippen molar-refractivity contribution in [2.75, 3.05) is 13.2 Å². The highest BCUT2D eigenvalue weighted by Gasteiger charge is 2.05. The molecule has 1 amide bonds. The van der Waals surface area contributed by atoms with Crippen molar-refractivity contribution in [2.45, 2.75) is 58.9 Å². The SMILES string of the molecule is CCCCCCCOc1cccc(OCC(=O)NC(C)C)c1. The van der Waals surface area contributed by atoms with Gasteiger partial charge in [-0.25, -0.2) is 0 Å². The molecule has 1 aromatic carbocycles. The number of benzene rings is 1. The van der Waals surface area contributed by atoms with Crippen molar-refractivity contribution in [3.63, 3.8) is 0 Å². The molecule has 4 nitrogen and oxygen atoms in total. The normalized spacial score (nSPS) is 10.5. The highest BCUT2D eigenvalue weighted by atomic mass is 16.5. The highest BCUT2D eigenvalue weighted by Crippen LogP contribution is 2.19. The van der Waals surface area contributed by atoms with Crippen LogP contribution in [0, 0.1) is 0 Å². The van der Waals surface area contributed by atoms with Crippen LogP contribution in [0.3, 0.4) is 0 Å². The number of rotatable bonds is 11. The summed E-state index contributed by atoms with van der Waals surface area (Å²) in [6.07, 6.45) is 6.10. The zero-order valence-electron chi connectivity index (χ0n) is 14.1. The summed E-state index contributed by atoms with van der Waals surface area (Å²) in [5.41, 5.74) is 0. The molecule has 0 aliphatic carbocycles. The summed E-state index contributed by atoms with van der Waals surface area (Å²) in [6.45, 7) is 6.81. The van der Waals surface area contributed by atoms with Crippen molar-refractivity contribution < 1.29 is 14.3 Å². The molecule has 0 radical (unpaired) electrons. The molecular formula is C18H29NO3. The number of hydrogen-bond donors (Lipinski definition) is 1. The van der Waals surface area contributed by atoms with Crippen LogP contribution in [0.5, 0.6) is 11.5 Å². The molecule has 0 heterocycles. The molecule has 1 N–H and O–H groups in total. The third-order valence-electron chi connectivity index (χ3n) is 3.14. The van der Waals surface area contributed by atoms with Crippen LogP contribution in [0.2, 0.25) is 0 Å². The third kappa shape index (κ3) is 8.55. The molecule has 0 aromatic heterocycles. The van der Waals surface area contributed by atoms with Gasteiger partial charge in [0.05, 0.1) is 6.61 Å². The largest absolute Gasteiger partial charge is 0.493 e. The van der Waals surface area contributed by atoms with Crippen LogP contribution in [-0.2, 0) is 4.79 Å². The van der Waals surface area contributed by atoms with E-state index in [1.807, 2.05) is 38.1 Å². The maximum Gasteiger partial charge on any atom is 0.258 e. The molecule has 22 heavy (non-hydrogen) atoms. The second kappa shape index (κ2) is 10.9. The lowest BCUT2D eigenvalue weighted by Crippen LogP contribution is -2.34. The summed E-state index contributed by atoms with van der Waals surface area (Å²) in [5.74, 6) is 1.33. The Balaban J connectivity index is 2.28. The molecule has 0 aliphatic heterocycles. The lowest BCUT2D eigenvalue weighted by Gasteiger charge is -2.11. The van der Waals surface area contributed by atoms with E-state index < -0.39 is 0 Å². The maximum absolute atomic E-state index is 11.5. The predicted octanol–water partition coefficient (Wildman–Crippen LogP) is 3.94. The Hall–Kier alpha value is -1.71. The average molecular weight is 307 g/mol. The van der Waals surface area contributed by atoms with E-state index in [4.69, 9.17) is 9.47 Å². The minimum atomic E-state index is -0.114. The standard InChI is InChI=1S/C18H29NO3/c1-4-5-6-7-8-12-21-16-10-9-11-17(13-16)22-14-18(20)19-15(2)3/h9-11,13,15H,4-8,12,14H2,1-3H3,(H,19,20). The monoisotopic (exact) mass is 307 g/mol. The van der Waals surface area contributed by atoms with Gasteiger partial charge < -0.3 is 14.8 Å². The van der Waals surface area contributed by atoms with Gasteiger partial charge in [-0.3, -0.25) is 4.79 Å². The number of amides is 1. The van der Waals surface area contributed by atoms with Gasteiger partial charge in [0.2, 0.25) is 0 Å². The molecule has 0 aliphatic rings. The molecule has 0 saturated heterocycles. The summed E-state index contributed by atoms with van der Waals surface area (Å²) in [4.78, 5) is 11.5. The van der Waals surface area contributed by atoms with Gasteiger partial charge in [-0.1, -0.05) is 38.7 Å². The molecule has 0 spiro atoms. The van der Waals surface area contributed by atoms with Gasteiger partial charge in [-0.15, -0.1) is 0 Å². The van der Waals surface area contributed by atoms with E-state index in [9.17, 15) is 4.79 Å². The molecule has 0 fully saturated rings. The van der Waals surface area contributed by atoms with Crippen LogP contribution in [0.4, 0.5) is 0 Å². The van der Waals surface area contributed by atoms with E-state index in [0.717, 1.165) is 18.8 Å². The molecule has 0 saturated carbocycles. The van der Waals surface area contributed by atoms with E-state index in [2.05, 4.69) is 12.2 Å². The Morgan fingerprint density at radius 1 is 1.09 bits per heavy atom. The molecular weight excluding hydrogens is 278 g/mol. The minimum Gasteiger partial charge on any atom is -0.493 e. The molecule has 124 valence electrons. The van der Waals surface area contributed by atoms with Crippen LogP contribution in [-0.4, -0.2) is 25.2 Å². The topological polar surface area (TPSA) is 47.6 Å². The van der Waals surface area contributed by atoms with Crippen molar-refractivity contribution in [1.29, 1.82) is 0 Å². The van der Waals surface area contributed by atoms with Crippen LogP contribution in [0.15, 0.2) is 24.3 Å². The Morgan fingerprint density at radius 3 is 2.45 bits per heavy atom. The fraction of sp³-hybridized carbons (Fsp3) is 0.611. The number of hydrogen-bond acceptors (Lipinski definition) is 3. The molecule has 1 aromatic rings. The van der Waals surface area contributed by atoms with E-state index in [1.54, 1.807) is 0 Å². The first-order valence-electron chi connectivity index (χ1n) is 8.27. The van der Waals surface area contributed by atoms with Crippen LogP contribution in [0.25, 0.3) is 0 Å². The van der Waals surface area contributed by atoms with Gasteiger partial charge >= 0.3 is 0 Å². The average Bonchev–Trinajstić information content (AvgIpc) is 2.48. The van der Waals surface area contributed by atoms with Crippen molar-refractivity contribution in [3.8, 4) is 11.5 Å². The zero-order chi connectivity index (χ0) is 16.2. The summed E-state index contributed by atoms with van der Waals surface area (Å²) < 4.78 is 11.2. The van der Waals surface area contributed by atoms with E-state index in [1.165, 1.54) is 25.7 Å². The molecule has 0 bridgehead atoms. The first kappa shape index (κ1) is 18.3. The van der Waals surface area contributed by atoms with E-state index >= 15 is 0 Å². The quantitative estimate of drug-likeness (QED) is 0.630. The van der Waals surface area contributed by atoms with Crippen molar-refractivity contribution in [2.24, 2.45) is 0 Å². The van der Waals surface area contributed by atoms with Gasteiger partial charge in [0, 0.05) is 12.1 Å². The highest BCUT2D eigenvalue weighted by molar-refractivity contribution is 5.77.